The van der Waals surface area contributed by atoms with Crippen molar-refractivity contribution in [3.63, 3.8) is 0 Å². The van der Waals surface area contributed by atoms with Crippen LogP contribution in [0.2, 0.25) is 0 Å². The highest BCUT2D eigenvalue weighted by Crippen LogP contribution is 2.23. The molecule has 0 radical (unpaired) electrons. The van der Waals surface area contributed by atoms with Crippen molar-refractivity contribution in [1.82, 2.24) is 0 Å². The third kappa shape index (κ3) is 2.11. The van der Waals surface area contributed by atoms with Crippen LogP contribution in [0.1, 0.15) is 18.1 Å². The summed E-state index contributed by atoms with van der Waals surface area (Å²) in [6.07, 6.45) is 0. The number of aryl methyl sites for hydroxylation is 1. The van der Waals surface area contributed by atoms with Gasteiger partial charge in [0.25, 0.3) is 0 Å². The fraction of sp³-hybridized carbons (Fsp3) is 0.455. The van der Waals surface area contributed by atoms with Crippen LogP contribution in [0.3, 0.4) is 0 Å². The summed E-state index contributed by atoms with van der Waals surface area (Å²) < 4.78 is 13.1. The summed E-state index contributed by atoms with van der Waals surface area (Å²) in [5.41, 5.74) is 6.61. The lowest BCUT2D eigenvalue weighted by atomic mass is 9.83. The largest absolute Gasteiger partial charge is 0.395 e. The lowest BCUT2D eigenvalue weighted by Gasteiger charge is -2.26. The Hall–Kier alpha value is -0.930. The lowest BCUT2D eigenvalue weighted by molar-refractivity contribution is 0.210. The van der Waals surface area contributed by atoms with Crippen LogP contribution in [0.5, 0.6) is 0 Å². The summed E-state index contributed by atoms with van der Waals surface area (Å²) in [6.45, 7) is 3.86. The molecule has 0 saturated carbocycles. The number of nitrogens with two attached hydrogens (primary N) is 1. The van der Waals surface area contributed by atoms with Gasteiger partial charge in [-0.3, -0.25) is 0 Å². The zero-order chi connectivity index (χ0) is 10.8. The van der Waals surface area contributed by atoms with Gasteiger partial charge >= 0.3 is 0 Å². The predicted molar refractivity (Wildman–Crippen MR) is 54.6 cm³/mol. The molecule has 1 rings (SSSR count). The number of benzene rings is 1. The van der Waals surface area contributed by atoms with Crippen LogP contribution in [0.4, 0.5) is 4.39 Å². The molecule has 1 atom stereocenters. The molecule has 0 aliphatic carbocycles. The van der Waals surface area contributed by atoms with Crippen LogP contribution in [0.25, 0.3) is 0 Å². The first kappa shape index (κ1) is 11.1. The van der Waals surface area contributed by atoms with Gasteiger partial charge < -0.3 is 10.8 Å². The molecule has 1 aromatic carbocycles. The van der Waals surface area contributed by atoms with Crippen molar-refractivity contribution in [3.05, 3.63) is 35.1 Å². The quantitative estimate of drug-likeness (QED) is 0.768. The van der Waals surface area contributed by atoms with Crippen molar-refractivity contribution in [2.24, 2.45) is 5.73 Å². The van der Waals surface area contributed by atoms with E-state index in [1.54, 1.807) is 0 Å². The Labute approximate surface area is 83.6 Å². The molecule has 0 bridgehead atoms. The SMILES string of the molecule is Cc1cc(F)cc(C(C)(CN)CO)c1. The minimum absolute atomic E-state index is 0.0770. The van der Waals surface area contributed by atoms with E-state index in [0.717, 1.165) is 11.1 Å². The first-order valence-corrected chi connectivity index (χ1v) is 4.60. The van der Waals surface area contributed by atoms with Gasteiger partial charge in [0.2, 0.25) is 0 Å². The van der Waals surface area contributed by atoms with Crippen molar-refractivity contribution >= 4 is 0 Å². The van der Waals surface area contributed by atoms with Crippen LogP contribution in [0.15, 0.2) is 18.2 Å². The molecular weight excluding hydrogens is 181 g/mol. The van der Waals surface area contributed by atoms with Crippen molar-refractivity contribution in [3.8, 4) is 0 Å². The summed E-state index contributed by atoms with van der Waals surface area (Å²) in [5, 5.41) is 9.22. The van der Waals surface area contributed by atoms with E-state index in [2.05, 4.69) is 0 Å². The number of rotatable bonds is 3. The van der Waals surface area contributed by atoms with Crippen LogP contribution >= 0.6 is 0 Å². The zero-order valence-corrected chi connectivity index (χ0v) is 8.55. The van der Waals surface area contributed by atoms with Crippen LogP contribution in [-0.4, -0.2) is 18.3 Å². The average molecular weight is 197 g/mol. The van der Waals surface area contributed by atoms with Gasteiger partial charge in [-0.2, -0.15) is 0 Å². The van der Waals surface area contributed by atoms with Gasteiger partial charge in [-0.15, -0.1) is 0 Å². The van der Waals surface area contributed by atoms with E-state index >= 15 is 0 Å². The van der Waals surface area contributed by atoms with Gasteiger partial charge in [0.1, 0.15) is 5.82 Å². The normalized spacial score (nSPS) is 15.2. The van der Waals surface area contributed by atoms with Gasteiger partial charge in [0.05, 0.1) is 6.61 Å². The second kappa shape index (κ2) is 4.07. The Morgan fingerprint density at radius 3 is 2.50 bits per heavy atom. The van der Waals surface area contributed by atoms with Gasteiger partial charge in [0, 0.05) is 12.0 Å². The molecule has 0 aromatic heterocycles. The smallest absolute Gasteiger partial charge is 0.123 e. The molecule has 3 N–H and O–H groups in total. The Morgan fingerprint density at radius 1 is 1.43 bits per heavy atom. The van der Waals surface area contributed by atoms with Crippen LogP contribution in [0, 0.1) is 12.7 Å². The molecule has 0 saturated heterocycles. The van der Waals surface area contributed by atoms with Crippen molar-refractivity contribution < 1.29 is 9.50 Å². The molecule has 0 spiro atoms. The minimum atomic E-state index is -0.549. The fourth-order valence-corrected chi connectivity index (χ4v) is 1.36. The van der Waals surface area contributed by atoms with Crippen molar-refractivity contribution in [2.45, 2.75) is 19.3 Å². The topological polar surface area (TPSA) is 46.2 Å². The second-order valence-corrected chi connectivity index (χ2v) is 3.94. The molecular formula is C11H16FNO. The van der Waals surface area contributed by atoms with Crippen LogP contribution in [-0.2, 0) is 5.41 Å². The Kier molecular flexibility index (Phi) is 3.24. The fourth-order valence-electron chi connectivity index (χ4n) is 1.36. The zero-order valence-electron chi connectivity index (χ0n) is 8.55. The number of halogens is 1. The third-order valence-electron chi connectivity index (χ3n) is 2.54. The summed E-state index contributed by atoms with van der Waals surface area (Å²) in [4.78, 5) is 0. The van der Waals surface area contributed by atoms with E-state index in [1.807, 2.05) is 19.9 Å². The highest BCUT2D eigenvalue weighted by atomic mass is 19.1. The predicted octanol–water partition coefficient (Wildman–Crippen LogP) is 1.34. The van der Waals surface area contributed by atoms with Crippen molar-refractivity contribution in [1.29, 1.82) is 0 Å². The lowest BCUT2D eigenvalue weighted by Crippen LogP contribution is -2.35. The van der Waals surface area contributed by atoms with E-state index in [0.29, 0.717) is 6.54 Å². The summed E-state index contributed by atoms with van der Waals surface area (Å²) in [7, 11) is 0. The standard InChI is InChI=1S/C11H16FNO/c1-8-3-9(5-10(12)4-8)11(2,6-13)7-14/h3-5,14H,6-7,13H2,1-2H3. The maximum absolute atomic E-state index is 13.1. The van der Waals surface area contributed by atoms with E-state index in [-0.39, 0.29) is 12.4 Å². The maximum Gasteiger partial charge on any atom is 0.123 e. The number of aliphatic hydroxyl groups excluding tert-OH is 1. The van der Waals surface area contributed by atoms with Gasteiger partial charge in [0.15, 0.2) is 0 Å². The van der Waals surface area contributed by atoms with E-state index < -0.39 is 5.41 Å². The molecule has 0 amide bonds. The van der Waals surface area contributed by atoms with Crippen molar-refractivity contribution in [2.75, 3.05) is 13.2 Å². The second-order valence-electron chi connectivity index (χ2n) is 3.94. The summed E-state index contributed by atoms with van der Waals surface area (Å²) >= 11 is 0. The van der Waals surface area contributed by atoms with Crippen LogP contribution < -0.4 is 5.73 Å². The summed E-state index contributed by atoms with van der Waals surface area (Å²) in [6, 6.07) is 4.74. The maximum atomic E-state index is 13.1. The molecule has 14 heavy (non-hydrogen) atoms. The van der Waals surface area contributed by atoms with E-state index in [4.69, 9.17) is 5.73 Å². The molecule has 0 aliphatic rings. The summed E-state index contributed by atoms with van der Waals surface area (Å²) in [5.74, 6) is -0.284. The monoisotopic (exact) mass is 197 g/mol. The Bertz CT molecular complexity index is 301. The number of aliphatic hydroxyl groups is 1. The molecule has 1 aromatic rings. The van der Waals surface area contributed by atoms with Gasteiger partial charge in [-0.25, -0.2) is 4.39 Å². The van der Waals surface area contributed by atoms with Gasteiger partial charge in [-0.05, 0) is 30.2 Å². The minimum Gasteiger partial charge on any atom is -0.395 e. The molecule has 0 heterocycles. The first-order valence-electron chi connectivity index (χ1n) is 4.60. The average Bonchev–Trinajstić information content (AvgIpc) is 2.15. The van der Waals surface area contributed by atoms with E-state index in [1.165, 1.54) is 12.1 Å². The Morgan fingerprint density at radius 2 is 2.07 bits per heavy atom. The highest BCUT2D eigenvalue weighted by Gasteiger charge is 2.24. The number of hydrogen-bond acceptors (Lipinski definition) is 2. The Balaban J connectivity index is 3.17. The molecule has 0 aliphatic heterocycles. The van der Waals surface area contributed by atoms with Gasteiger partial charge in [-0.1, -0.05) is 13.0 Å². The molecule has 2 nitrogen and oxygen atoms in total. The first-order chi connectivity index (χ1) is 6.51. The van der Waals surface area contributed by atoms with E-state index in [9.17, 15) is 9.50 Å². The molecule has 3 heteroatoms. The number of hydrogen-bond donors (Lipinski definition) is 2. The highest BCUT2D eigenvalue weighted by molar-refractivity contribution is 5.30. The molecule has 1 unspecified atom stereocenters. The third-order valence-corrected chi connectivity index (χ3v) is 2.54. The molecule has 78 valence electrons. The molecule has 0 fully saturated rings.